The van der Waals surface area contributed by atoms with E-state index >= 15 is 0 Å². The van der Waals surface area contributed by atoms with Gasteiger partial charge in [0.15, 0.2) is 0 Å². The number of hydrogen-bond donors (Lipinski definition) is 3. The summed E-state index contributed by atoms with van der Waals surface area (Å²) in [6.45, 7) is 4.64. The van der Waals surface area contributed by atoms with E-state index in [0.717, 1.165) is 55.1 Å². The number of carbonyl (C=O) groups excluding carboxylic acids is 2. The minimum Gasteiger partial charge on any atom is -0.369 e. The SMILES string of the molecule is NC(=O)c1ccc(N2CCN(Cc3ccncc3)CC2)cc1Cc1ccc(C=CC(=O)NO)cc1. The smallest absolute Gasteiger partial charge is 0.267 e. The second-order valence-corrected chi connectivity index (χ2v) is 8.55. The molecule has 0 bridgehead atoms. The largest absolute Gasteiger partial charge is 0.369 e. The number of piperazine rings is 1. The quantitative estimate of drug-likeness (QED) is 0.265. The minimum absolute atomic E-state index is 0.441. The number of nitrogens with zero attached hydrogens (tertiary/aromatic N) is 3. The van der Waals surface area contributed by atoms with E-state index in [2.05, 4.69) is 33.0 Å². The Morgan fingerprint density at radius 2 is 1.69 bits per heavy atom. The maximum absolute atomic E-state index is 12.1. The Morgan fingerprint density at radius 1 is 0.971 bits per heavy atom. The van der Waals surface area contributed by atoms with Gasteiger partial charge in [-0.2, -0.15) is 0 Å². The topological polar surface area (TPSA) is 112 Å². The van der Waals surface area contributed by atoms with Crippen LogP contribution in [0.25, 0.3) is 6.08 Å². The molecule has 2 aromatic carbocycles. The summed E-state index contributed by atoms with van der Waals surface area (Å²) in [6.07, 6.45) is 7.08. The van der Waals surface area contributed by atoms with Crippen molar-refractivity contribution < 1.29 is 14.8 Å². The molecular weight excluding hydrogens is 442 g/mol. The summed E-state index contributed by atoms with van der Waals surface area (Å²) in [5.74, 6) is -1.03. The van der Waals surface area contributed by atoms with Crippen LogP contribution < -0.4 is 16.1 Å². The van der Waals surface area contributed by atoms with E-state index in [-0.39, 0.29) is 0 Å². The lowest BCUT2D eigenvalue weighted by Crippen LogP contribution is -2.46. The predicted molar refractivity (Wildman–Crippen MR) is 135 cm³/mol. The van der Waals surface area contributed by atoms with Crippen molar-refractivity contribution in [2.24, 2.45) is 5.73 Å². The van der Waals surface area contributed by atoms with Crippen LogP contribution in [0.5, 0.6) is 0 Å². The van der Waals surface area contributed by atoms with Crippen LogP contribution in [0.15, 0.2) is 73.1 Å². The molecule has 0 spiro atoms. The van der Waals surface area contributed by atoms with E-state index < -0.39 is 11.8 Å². The van der Waals surface area contributed by atoms with E-state index in [1.54, 1.807) is 11.6 Å². The third kappa shape index (κ3) is 6.53. The van der Waals surface area contributed by atoms with E-state index in [1.165, 1.54) is 11.6 Å². The molecule has 0 unspecified atom stereocenters. The average molecular weight is 472 g/mol. The van der Waals surface area contributed by atoms with Gasteiger partial charge < -0.3 is 10.6 Å². The Bertz CT molecular complexity index is 1190. The first-order valence-electron chi connectivity index (χ1n) is 11.5. The number of anilines is 1. The zero-order chi connectivity index (χ0) is 24.6. The van der Waals surface area contributed by atoms with Crippen molar-refractivity contribution in [3.63, 3.8) is 0 Å². The van der Waals surface area contributed by atoms with E-state index in [4.69, 9.17) is 10.9 Å². The summed E-state index contributed by atoms with van der Waals surface area (Å²) in [5.41, 5.74) is 12.8. The van der Waals surface area contributed by atoms with Gasteiger partial charge in [-0.15, -0.1) is 0 Å². The van der Waals surface area contributed by atoms with Crippen molar-refractivity contribution in [3.05, 3.63) is 101 Å². The Balaban J connectivity index is 1.44. The molecule has 4 rings (SSSR count). The van der Waals surface area contributed by atoms with Gasteiger partial charge in [0.25, 0.3) is 5.91 Å². The third-order valence-electron chi connectivity index (χ3n) is 6.16. The van der Waals surface area contributed by atoms with Crippen molar-refractivity contribution in [3.8, 4) is 0 Å². The molecule has 1 aliphatic heterocycles. The summed E-state index contributed by atoms with van der Waals surface area (Å²) in [5, 5.41) is 8.58. The number of carbonyl (C=O) groups is 2. The first-order chi connectivity index (χ1) is 17.0. The van der Waals surface area contributed by atoms with Crippen molar-refractivity contribution in [2.75, 3.05) is 31.1 Å². The molecule has 2 heterocycles. The highest BCUT2D eigenvalue weighted by atomic mass is 16.5. The Kier molecular flexibility index (Phi) is 7.87. The standard InChI is InChI=1S/C27H29N5O3/c28-27(34)25-7-6-24(32-15-13-31(14-16-32)19-22-9-11-29-12-10-22)18-23(25)17-21-3-1-20(2-4-21)5-8-26(33)30-35/h1-12,18,35H,13-17,19H2,(H2,28,34)(H,30,33). The van der Waals surface area contributed by atoms with Crippen LogP contribution in [0, 0.1) is 0 Å². The molecule has 1 fully saturated rings. The summed E-state index contributed by atoms with van der Waals surface area (Å²) in [4.78, 5) is 32.1. The Morgan fingerprint density at radius 3 is 2.34 bits per heavy atom. The van der Waals surface area contributed by atoms with Crippen LogP contribution in [0.3, 0.4) is 0 Å². The van der Waals surface area contributed by atoms with Crippen LogP contribution in [0.4, 0.5) is 5.69 Å². The number of hydroxylamine groups is 1. The average Bonchev–Trinajstić information content (AvgIpc) is 2.89. The fourth-order valence-electron chi connectivity index (χ4n) is 4.25. The maximum Gasteiger partial charge on any atom is 0.267 e. The van der Waals surface area contributed by atoms with Crippen molar-refractivity contribution >= 4 is 23.6 Å². The monoisotopic (exact) mass is 471 g/mol. The van der Waals surface area contributed by atoms with Crippen LogP contribution >= 0.6 is 0 Å². The van der Waals surface area contributed by atoms with Gasteiger partial charge in [0, 0.05) is 62.4 Å². The predicted octanol–water partition coefficient (Wildman–Crippen LogP) is 2.61. The normalized spacial score (nSPS) is 14.3. The summed E-state index contributed by atoms with van der Waals surface area (Å²) < 4.78 is 0. The summed E-state index contributed by atoms with van der Waals surface area (Å²) in [6, 6.07) is 17.6. The number of amides is 2. The van der Waals surface area contributed by atoms with Gasteiger partial charge in [-0.25, -0.2) is 5.48 Å². The molecule has 4 N–H and O–H groups in total. The molecule has 3 aromatic rings. The lowest BCUT2D eigenvalue weighted by molar-refractivity contribution is -0.124. The summed E-state index contributed by atoms with van der Waals surface area (Å²) >= 11 is 0. The highest BCUT2D eigenvalue weighted by molar-refractivity contribution is 5.95. The highest BCUT2D eigenvalue weighted by Crippen LogP contribution is 2.24. The number of benzene rings is 2. The fourth-order valence-corrected chi connectivity index (χ4v) is 4.25. The molecule has 0 atom stereocenters. The molecule has 0 aliphatic carbocycles. The number of nitrogens with two attached hydrogens (primary N) is 1. The zero-order valence-electron chi connectivity index (χ0n) is 19.4. The van der Waals surface area contributed by atoms with Crippen LogP contribution in [0.1, 0.15) is 32.6 Å². The number of aromatic nitrogens is 1. The van der Waals surface area contributed by atoms with Gasteiger partial charge >= 0.3 is 0 Å². The number of primary amides is 1. The van der Waals surface area contributed by atoms with E-state index in [9.17, 15) is 9.59 Å². The van der Waals surface area contributed by atoms with Crippen molar-refractivity contribution in [1.82, 2.24) is 15.4 Å². The lowest BCUT2D eigenvalue weighted by atomic mass is 9.97. The first-order valence-corrected chi connectivity index (χ1v) is 11.5. The lowest BCUT2D eigenvalue weighted by Gasteiger charge is -2.36. The van der Waals surface area contributed by atoms with Gasteiger partial charge in [0.05, 0.1) is 0 Å². The van der Waals surface area contributed by atoms with Gasteiger partial charge in [0.2, 0.25) is 5.91 Å². The van der Waals surface area contributed by atoms with E-state index in [1.807, 2.05) is 48.8 Å². The molecule has 8 heteroatoms. The molecule has 2 amide bonds. The van der Waals surface area contributed by atoms with Crippen molar-refractivity contribution in [2.45, 2.75) is 13.0 Å². The zero-order valence-corrected chi connectivity index (χ0v) is 19.4. The maximum atomic E-state index is 12.1. The molecule has 0 radical (unpaired) electrons. The molecular formula is C27H29N5O3. The summed E-state index contributed by atoms with van der Waals surface area (Å²) in [7, 11) is 0. The Labute approximate surface area is 204 Å². The van der Waals surface area contributed by atoms with Gasteiger partial charge in [-0.05, 0) is 65.1 Å². The number of nitrogens with one attached hydrogen (secondary N) is 1. The first kappa shape index (κ1) is 24.1. The molecule has 0 saturated carbocycles. The van der Waals surface area contributed by atoms with Gasteiger partial charge in [-0.1, -0.05) is 24.3 Å². The van der Waals surface area contributed by atoms with Gasteiger partial charge in [0.1, 0.15) is 0 Å². The molecule has 1 saturated heterocycles. The minimum atomic E-state index is -0.588. The van der Waals surface area contributed by atoms with E-state index in [0.29, 0.717) is 12.0 Å². The number of hydrogen-bond acceptors (Lipinski definition) is 6. The molecule has 1 aliphatic rings. The second-order valence-electron chi connectivity index (χ2n) is 8.55. The molecule has 8 nitrogen and oxygen atoms in total. The van der Waals surface area contributed by atoms with Crippen LogP contribution in [-0.2, 0) is 17.8 Å². The molecule has 35 heavy (non-hydrogen) atoms. The van der Waals surface area contributed by atoms with Gasteiger partial charge in [-0.3, -0.25) is 24.7 Å². The number of pyridine rings is 1. The van der Waals surface area contributed by atoms with Crippen molar-refractivity contribution in [1.29, 1.82) is 0 Å². The fraction of sp³-hybridized carbons (Fsp3) is 0.222. The number of rotatable bonds is 8. The highest BCUT2D eigenvalue weighted by Gasteiger charge is 2.19. The Hall–Kier alpha value is -4.01. The third-order valence-corrected chi connectivity index (χ3v) is 6.16. The molecule has 180 valence electrons. The molecule has 1 aromatic heterocycles. The second kappa shape index (κ2) is 11.4. The van der Waals surface area contributed by atoms with Crippen LogP contribution in [-0.4, -0.2) is 53.1 Å². The van der Waals surface area contributed by atoms with Crippen LogP contribution in [0.2, 0.25) is 0 Å².